The van der Waals surface area contributed by atoms with Gasteiger partial charge in [-0.15, -0.1) is 0 Å². The second-order valence-electron chi connectivity index (χ2n) is 10.9. The SMILES string of the molecule is CC(C)=CCC/C(C)=C/CCC1(C)C=Cc2c(cc(C)c(C(=O)OCC[Si](C)(C)C)c2O)O1. The van der Waals surface area contributed by atoms with Crippen LogP contribution in [0.5, 0.6) is 11.5 Å². The van der Waals surface area contributed by atoms with Crippen molar-refractivity contribution in [3.8, 4) is 11.5 Å². The highest BCUT2D eigenvalue weighted by Crippen LogP contribution is 2.41. The number of ether oxygens (including phenoxy) is 2. The van der Waals surface area contributed by atoms with Crippen molar-refractivity contribution >= 4 is 20.1 Å². The van der Waals surface area contributed by atoms with Gasteiger partial charge >= 0.3 is 5.97 Å². The van der Waals surface area contributed by atoms with E-state index in [1.54, 1.807) is 0 Å². The molecular weight excluding hydrogens is 428 g/mol. The van der Waals surface area contributed by atoms with E-state index >= 15 is 0 Å². The molecule has 1 aliphatic heterocycles. The van der Waals surface area contributed by atoms with Crippen molar-refractivity contribution in [3.63, 3.8) is 0 Å². The molecule has 0 amide bonds. The molecule has 0 radical (unpaired) electrons. The fraction of sp³-hybridized carbons (Fsp3) is 0.536. The summed E-state index contributed by atoms with van der Waals surface area (Å²) in [4.78, 5) is 12.7. The van der Waals surface area contributed by atoms with Crippen LogP contribution in [-0.4, -0.2) is 31.4 Å². The van der Waals surface area contributed by atoms with E-state index < -0.39 is 19.6 Å². The van der Waals surface area contributed by atoms with E-state index in [9.17, 15) is 9.90 Å². The Morgan fingerprint density at radius 2 is 1.88 bits per heavy atom. The Hall–Kier alpha value is -2.27. The minimum atomic E-state index is -1.30. The molecule has 1 heterocycles. The Bertz CT molecular complexity index is 946. The number of allylic oxidation sites excluding steroid dienone is 4. The van der Waals surface area contributed by atoms with E-state index in [2.05, 4.69) is 59.5 Å². The van der Waals surface area contributed by atoms with Crippen LogP contribution in [0.1, 0.15) is 74.9 Å². The van der Waals surface area contributed by atoms with Crippen molar-refractivity contribution in [1.82, 2.24) is 0 Å². The Kier molecular flexibility index (Phi) is 9.18. The number of esters is 1. The first-order valence-electron chi connectivity index (χ1n) is 12.0. The van der Waals surface area contributed by atoms with Crippen molar-refractivity contribution in [2.45, 2.75) is 91.6 Å². The Morgan fingerprint density at radius 3 is 2.52 bits per heavy atom. The van der Waals surface area contributed by atoms with Gasteiger partial charge in [-0.2, -0.15) is 0 Å². The molecule has 0 spiro atoms. The van der Waals surface area contributed by atoms with E-state index in [-0.39, 0.29) is 11.3 Å². The van der Waals surface area contributed by atoms with Crippen molar-refractivity contribution in [2.24, 2.45) is 0 Å². The number of carbonyl (C=O) groups excluding carboxylic acids is 1. The third-order valence-corrected chi connectivity index (χ3v) is 7.66. The lowest BCUT2D eigenvalue weighted by atomic mass is 9.92. The Balaban J connectivity index is 2.07. The summed E-state index contributed by atoms with van der Waals surface area (Å²) >= 11 is 0. The summed E-state index contributed by atoms with van der Waals surface area (Å²) in [7, 11) is -1.30. The highest BCUT2D eigenvalue weighted by Gasteiger charge is 2.31. The number of carbonyl (C=O) groups is 1. The number of hydrogen-bond acceptors (Lipinski definition) is 4. The monoisotopic (exact) mass is 470 g/mol. The van der Waals surface area contributed by atoms with Crippen LogP contribution >= 0.6 is 0 Å². The van der Waals surface area contributed by atoms with Gasteiger partial charge in [0, 0.05) is 8.07 Å². The molecule has 1 aliphatic rings. The fourth-order valence-corrected chi connectivity index (χ4v) is 4.50. The van der Waals surface area contributed by atoms with E-state index in [0.717, 1.165) is 31.7 Å². The van der Waals surface area contributed by atoms with Gasteiger partial charge < -0.3 is 14.6 Å². The quantitative estimate of drug-likeness (QED) is 0.215. The molecule has 0 bridgehead atoms. The number of aromatic hydroxyl groups is 1. The lowest BCUT2D eigenvalue weighted by Gasteiger charge is -2.32. The lowest BCUT2D eigenvalue weighted by Crippen LogP contribution is -2.32. The number of phenolic OH excluding ortho intramolecular Hbond substituents is 1. The van der Waals surface area contributed by atoms with Crippen LogP contribution < -0.4 is 4.74 Å². The Labute approximate surface area is 201 Å². The molecule has 0 saturated carbocycles. The van der Waals surface area contributed by atoms with Crippen LogP contribution in [0.2, 0.25) is 25.7 Å². The normalized spacial score (nSPS) is 17.9. The number of fused-ring (bicyclic) bond motifs is 1. The third-order valence-electron chi connectivity index (χ3n) is 5.96. The molecule has 182 valence electrons. The van der Waals surface area contributed by atoms with Gasteiger partial charge in [-0.3, -0.25) is 0 Å². The first-order chi connectivity index (χ1) is 15.3. The first-order valence-corrected chi connectivity index (χ1v) is 15.7. The molecule has 1 atom stereocenters. The predicted molar refractivity (Wildman–Crippen MR) is 141 cm³/mol. The van der Waals surface area contributed by atoms with Crippen molar-refractivity contribution in [3.05, 3.63) is 52.1 Å². The van der Waals surface area contributed by atoms with Crippen LogP contribution in [-0.2, 0) is 4.74 Å². The summed E-state index contributed by atoms with van der Waals surface area (Å²) in [5.41, 5.74) is 3.73. The summed E-state index contributed by atoms with van der Waals surface area (Å²) in [5.74, 6) is 0.0794. The molecule has 0 aliphatic carbocycles. The van der Waals surface area contributed by atoms with E-state index in [4.69, 9.17) is 9.47 Å². The average Bonchev–Trinajstić information content (AvgIpc) is 2.66. The molecule has 1 unspecified atom stereocenters. The largest absolute Gasteiger partial charge is 0.506 e. The fourth-order valence-electron chi connectivity index (χ4n) is 3.78. The topological polar surface area (TPSA) is 55.8 Å². The van der Waals surface area contributed by atoms with Crippen LogP contribution in [0.3, 0.4) is 0 Å². The third kappa shape index (κ3) is 8.22. The minimum Gasteiger partial charge on any atom is -0.506 e. The van der Waals surface area contributed by atoms with Crippen LogP contribution in [0, 0.1) is 6.92 Å². The number of rotatable bonds is 10. The second-order valence-corrected chi connectivity index (χ2v) is 16.6. The highest BCUT2D eigenvalue weighted by atomic mass is 28.3. The summed E-state index contributed by atoms with van der Waals surface area (Å²) in [6, 6.07) is 2.74. The molecule has 33 heavy (non-hydrogen) atoms. The van der Waals surface area contributed by atoms with Crippen molar-refractivity contribution in [1.29, 1.82) is 0 Å². The van der Waals surface area contributed by atoms with Gasteiger partial charge in [0.15, 0.2) is 0 Å². The number of hydrogen-bond donors (Lipinski definition) is 1. The number of aryl methyl sites for hydroxylation is 1. The first kappa shape index (κ1) is 27.0. The zero-order valence-corrected chi connectivity index (χ0v) is 22.8. The molecule has 5 heteroatoms. The zero-order chi connectivity index (χ0) is 24.8. The summed E-state index contributed by atoms with van der Waals surface area (Å²) in [6.45, 7) is 17.4. The number of phenols is 1. The molecular formula is C28H42O4Si. The second kappa shape index (κ2) is 11.2. The predicted octanol–water partition coefficient (Wildman–Crippen LogP) is 7.83. The molecule has 0 aromatic heterocycles. The van der Waals surface area contributed by atoms with Gasteiger partial charge in [0.25, 0.3) is 0 Å². The van der Waals surface area contributed by atoms with Gasteiger partial charge in [-0.25, -0.2) is 4.79 Å². The van der Waals surface area contributed by atoms with Crippen LogP contribution in [0.4, 0.5) is 0 Å². The molecule has 0 saturated heterocycles. The average molecular weight is 471 g/mol. The molecule has 2 rings (SSSR count). The minimum absolute atomic E-state index is 0.0590. The highest BCUT2D eigenvalue weighted by molar-refractivity contribution is 6.76. The summed E-state index contributed by atoms with van der Waals surface area (Å²) < 4.78 is 11.8. The molecule has 1 N–H and O–H groups in total. The van der Waals surface area contributed by atoms with Gasteiger partial charge in [-0.05, 0) is 90.1 Å². The van der Waals surface area contributed by atoms with Gasteiger partial charge in [0.05, 0.1) is 12.2 Å². The van der Waals surface area contributed by atoms with E-state index in [1.165, 1.54) is 11.1 Å². The lowest BCUT2D eigenvalue weighted by molar-refractivity contribution is 0.0520. The van der Waals surface area contributed by atoms with Gasteiger partial charge in [0.1, 0.15) is 22.7 Å². The zero-order valence-electron chi connectivity index (χ0n) is 21.8. The molecule has 1 aromatic rings. The smallest absolute Gasteiger partial charge is 0.342 e. The number of benzene rings is 1. The molecule has 4 nitrogen and oxygen atoms in total. The maximum Gasteiger partial charge on any atom is 0.342 e. The maximum absolute atomic E-state index is 12.7. The molecule has 0 fully saturated rings. The standard InChI is InChI=1S/C28H42O4Si/c1-20(2)11-9-12-21(3)13-10-15-28(5)16-14-23-24(32-28)19-22(4)25(26(23)29)27(30)31-17-18-33(6,7)8/h11,13-14,16,19,29H,9-10,12,15,17-18H2,1-8H3/b21-13+. The molecule has 1 aromatic carbocycles. The van der Waals surface area contributed by atoms with Gasteiger partial charge in [-0.1, -0.05) is 42.9 Å². The summed E-state index contributed by atoms with van der Waals surface area (Å²) in [5, 5.41) is 10.8. The van der Waals surface area contributed by atoms with Crippen LogP contribution in [0.15, 0.2) is 35.4 Å². The van der Waals surface area contributed by atoms with E-state index in [1.807, 2.05) is 25.1 Å². The van der Waals surface area contributed by atoms with Crippen molar-refractivity contribution < 1.29 is 19.4 Å². The van der Waals surface area contributed by atoms with Gasteiger partial charge in [0.2, 0.25) is 0 Å². The van der Waals surface area contributed by atoms with E-state index in [0.29, 0.717) is 23.5 Å². The maximum atomic E-state index is 12.7. The summed E-state index contributed by atoms with van der Waals surface area (Å²) in [6.07, 6.45) is 12.3. The Morgan fingerprint density at radius 1 is 1.18 bits per heavy atom. The van der Waals surface area contributed by atoms with Crippen LogP contribution in [0.25, 0.3) is 6.08 Å². The van der Waals surface area contributed by atoms with Crippen molar-refractivity contribution in [2.75, 3.05) is 6.61 Å².